The Labute approximate surface area is 182 Å². The van der Waals surface area contributed by atoms with Gasteiger partial charge >= 0.3 is 5.97 Å². The summed E-state index contributed by atoms with van der Waals surface area (Å²) in [5.74, 6) is 1.32. The van der Waals surface area contributed by atoms with Crippen LogP contribution in [0.5, 0.6) is 17.2 Å². The molecule has 1 aliphatic rings. The van der Waals surface area contributed by atoms with Crippen molar-refractivity contribution in [2.45, 2.75) is 18.9 Å². The molecule has 2 aromatic rings. The van der Waals surface area contributed by atoms with E-state index in [0.29, 0.717) is 18.0 Å². The van der Waals surface area contributed by atoms with Gasteiger partial charge in [0.15, 0.2) is 6.61 Å². The molecule has 1 heterocycles. The van der Waals surface area contributed by atoms with Gasteiger partial charge in [-0.3, -0.25) is 4.79 Å². The lowest BCUT2D eigenvalue weighted by molar-refractivity contribution is -0.148. The Balaban J connectivity index is 1.60. The number of esters is 1. The van der Waals surface area contributed by atoms with Gasteiger partial charge in [0.2, 0.25) is 0 Å². The van der Waals surface area contributed by atoms with Crippen LogP contribution < -0.4 is 14.2 Å². The van der Waals surface area contributed by atoms with Gasteiger partial charge in [0, 0.05) is 18.2 Å². The SMILES string of the molecule is COc1ccc(/C=C/C(=O)OCC(=O)N2CCC[C@H]2c2cc(OC)ccc2OC)cc1. The van der Waals surface area contributed by atoms with E-state index in [1.165, 1.54) is 6.08 Å². The van der Waals surface area contributed by atoms with Crippen LogP contribution >= 0.6 is 0 Å². The molecular formula is C24H27NO6. The first-order valence-electron chi connectivity index (χ1n) is 10.1. The molecule has 0 radical (unpaired) electrons. The van der Waals surface area contributed by atoms with Crippen molar-refractivity contribution in [1.82, 2.24) is 4.90 Å². The zero-order valence-electron chi connectivity index (χ0n) is 18.0. The third-order valence-electron chi connectivity index (χ3n) is 5.23. The van der Waals surface area contributed by atoms with Gasteiger partial charge in [-0.25, -0.2) is 4.79 Å². The van der Waals surface area contributed by atoms with Gasteiger partial charge in [0.05, 0.1) is 27.4 Å². The summed E-state index contributed by atoms with van der Waals surface area (Å²) in [6.45, 7) is 0.289. The first kappa shape index (κ1) is 22.2. The normalized spacial score (nSPS) is 15.7. The number of hydrogen-bond acceptors (Lipinski definition) is 6. The first-order valence-corrected chi connectivity index (χ1v) is 10.1. The van der Waals surface area contributed by atoms with E-state index in [2.05, 4.69) is 0 Å². The van der Waals surface area contributed by atoms with Gasteiger partial charge in [-0.1, -0.05) is 12.1 Å². The summed E-state index contributed by atoms with van der Waals surface area (Å²) in [4.78, 5) is 26.6. The third-order valence-corrected chi connectivity index (χ3v) is 5.23. The van der Waals surface area contributed by atoms with E-state index < -0.39 is 5.97 Å². The second-order valence-corrected chi connectivity index (χ2v) is 7.07. The Bertz CT molecular complexity index is 938. The molecule has 0 N–H and O–H groups in total. The van der Waals surface area contributed by atoms with Crippen molar-refractivity contribution in [2.24, 2.45) is 0 Å². The predicted octanol–water partition coefficient (Wildman–Crippen LogP) is 3.63. The molecule has 1 fully saturated rings. The number of carbonyl (C=O) groups excluding carboxylic acids is 2. The molecule has 3 rings (SSSR count). The van der Waals surface area contributed by atoms with E-state index >= 15 is 0 Å². The summed E-state index contributed by atoms with van der Waals surface area (Å²) in [6, 6.07) is 12.6. The molecule has 164 valence electrons. The molecule has 0 unspecified atom stereocenters. The average Bonchev–Trinajstić information content (AvgIpc) is 3.31. The number of likely N-dealkylation sites (tertiary alicyclic amines) is 1. The number of carbonyl (C=O) groups is 2. The van der Waals surface area contributed by atoms with E-state index in [9.17, 15) is 9.59 Å². The molecular weight excluding hydrogens is 398 g/mol. The van der Waals surface area contributed by atoms with Crippen molar-refractivity contribution >= 4 is 18.0 Å². The minimum absolute atomic E-state index is 0.147. The minimum Gasteiger partial charge on any atom is -0.497 e. The molecule has 0 spiro atoms. The number of rotatable bonds is 8. The van der Waals surface area contributed by atoms with Crippen LogP contribution in [0.2, 0.25) is 0 Å². The van der Waals surface area contributed by atoms with Gasteiger partial charge in [0.1, 0.15) is 17.2 Å². The largest absolute Gasteiger partial charge is 0.497 e. The molecule has 7 heteroatoms. The van der Waals surface area contributed by atoms with Crippen LogP contribution in [0.3, 0.4) is 0 Å². The monoisotopic (exact) mass is 425 g/mol. The number of methoxy groups -OCH3 is 3. The van der Waals surface area contributed by atoms with Crippen molar-refractivity contribution in [2.75, 3.05) is 34.5 Å². The van der Waals surface area contributed by atoms with Gasteiger partial charge in [0.25, 0.3) is 5.91 Å². The maximum Gasteiger partial charge on any atom is 0.331 e. The number of benzene rings is 2. The van der Waals surface area contributed by atoms with E-state index in [4.69, 9.17) is 18.9 Å². The van der Waals surface area contributed by atoms with Gasteiger partial charge in [-0.2, -0.15) is 0 Å². The van der Waals surface area contributed by atoms with Crippen LogP contribution in [-0.4, -0.2) is 51.3 Å². The molecule has 0 bridgehead atoms. The molecule has 1 atom stereocenters. The summed E-state index contributed by atoms with van der Waals surface area (Å²) in [5.41, 5.74) is 1.72. The lowest BCUT2D eigenvalue weighted by atomic mass is 10.0. The standard InChI is InChI=1S/C24H27NO6/c1-28-18-9-6-17(7-10-18)8-13-24(27)31-16-23(26)25-14-4-5-21(25)20-15-19(29-2)11-12-22(20)30-3/h6-13,15,21H,4-5,14,16H2,1-3H3/b13-8+/t21-/m0/s1. The first-order chi connectivity index (χ1) is 15.0. The highest BCUT2D eigenvalue weighted by molar-refractivity contribution is 5.89. The number of nitrogens with zero attached hydrogens (tertiary/aromatic N) is 1. The second kappa shape index (κ2) is 10.5. The van der Waals surface area contributed by atoms with E-state index in [-0.39, 0.29) is 18.6 Å². The van der Waals surface area contributed by atoms with Crippen LogP contribution in [-0.2, 0) is 14.3 Å². The molecule has 0 aromatic heterocycles. The highest BCUT2D eigenvalue weighted by Crippen LogP contribution is 2.38. The number of hydrogen-bond donors (Lipinski definition) is 0. The van der Waals surface area contributed by atoms with Crippen molar-refractivity contribution in [3.63, 3.8) is 0 Å². The Morgan fingerprint density at radius 3 is 2.39 bits per heavy atom. The highest BCUT2D eigenvalue weighted by Gasteiger charge is 2.32. The molecule has 1 aliphatic heterocycles. The fourth-order valence-electron chi connectivity index (χ4n) is 3.63. The topological polar surface area (TPSA) is 74.3 Å². The number of ether oxygens (including phenoxy) is 4. The van der Waals surface area contributed by atoms with Gasteiger partial charge < -0.3 is 23.8 Å². The Hall–Kier alpha value is -3.48. The summed E-state index contributed by atoms with van der Waals surface area (Å²) in [6.07, 6.45) is 4.61. The van der Waals surface area contributed by atoms with Gasteiger partial charge in [-0.05, 0) is 54.8 Å². The van der Waals surface area contributed by atoms with E-state index in [1.807, 2.05) is 30.3 Å². The van der Waals surface area contributed by atoms with Crippen LogP contribution in [0.4, 0.5) is 0 Å². The zero-order chi connectivity index (χ0) is 22.2. The maximum atomic E-state index is 12.8. The fourth-order valence-corrected chi connectivity index (χ4v) is 3.63. The van der Waals surface area contributed by atoms with Crippen molar-refractivity contribution < 1.29 is 28.5 Å². The lowest BCUT2D eigenvalue weighted by Gasteiger charge is -2.26. The Kier molecular flexibility index (Phi) is 7.54. The summed E-state index contributed by atoms with van der Waals surface area (Å²) in [7, 11) is 4.79. The summed E-state index contributed by atoms with van der Waals surface area (Å²) >= 11 is 0. The molecule has 1 amide bonds. The van der Waals surface area contributed by atoms with Gasteiger partial charge in [-0.15, -0.1) is 0 Å². The minimum atomic E-state index is -0.570. The predicted molar refractivity (Wildman–Crippen MR) is 116 cm³/mol. The third kappa shape index (κ3) is 5.57. The van der Waals surface area contributed by atoms with Crippen LogP contribution in [0.25, 0.3) is 6.08 Å². The second-order valence-electron chi connectivity index (χ2n) is 7.07. The summed E-state index contributed by atoms with van der Waals surface area (Å²) < 4.78 is 21.1. The van der Waals surface area contributed by atoms with Crippen molar-refractivity contribution in [3.05, 3.63) is 59.7 Å². The molecule has 31 heavy (non-hydrogen) atoms. The smallest absolute Gasteiger partial charge is 0.331 e. The quantitative estimate of drug-likeness (QED) is 0.475. The van der Waals surface area contributed by atoms with Crippen molar-refractivity contribution in [3.8, 4) is 17.2 Å². The molecule has 1 saturated heterocycles. The summed E-state index contributed by atoms with van der Waals surface area (Å²) in [5, 5.41) is 0. The average molecular weight is 425 g/mol. The lowest BCUT2D eigenvalue weighted by Crippen LogP contribution is -2.34. The highest BCUT2D eigenvalue weighted by atomic mass is 16.5. The van der Waals surface area contributed by atoms with Crippen molar-refractivity contribution in [1.29, 1.82) is 0 Å². The van der Waals surface area contributed by atoms with E-state index in [1.54, 1.807) is 44.4 Å². The molecule has 2 aromatic carbocycles. The number of amides is 1. The Morgan fingerprint density at radius 2 is 1.71 bits per heavy atom. The molecule has 0 aliphatic carbocycles. The van der Waals surface area contributed by atoms with Crippen LogP contribution in [0.1, 0.15) is 30.0 Å². The maximum absolute atomic E-state index is 12.8. The fraction of sp³-hybridized carbons (Fsp3) is 0.333. The molecule has 0 saturated carbocycles. The van der Waals surface area contributed by atoms with Crippen LogP contribution in [0.15, 0.2) is 48.5 Å². The van der Waals surface area contributed by atoms with E-state index in [0.717, 1.165) is 29.7 Å². The zero-order valence-corrected chi connectivity index (χ0v) is 18.0. The molecule has 7 nitrogen and oxygen atoms in total. The Morgan fingerprint density at radius 1 is 1.00 bits per heavy atom. The van der Waals surface area contributed by atoms with Crippen LogP contribution in [0, 0.1) is 0 Å².